The SMILES string of the molecule is COC(=O)c1ncoc1C1CCN(S(=O)(=O)c2c(C)nn(C)c2C)CC1. The van der Waals surface area contributed by atoms with Crippen molar-refractivity contribution in [2.24, 2.45) is 7.05 Å². The summed E-state index contributed by atoms with van der Waals surface area (Å²) >= 11 is 0. The number of methoxy groups -OCH3 is 1. The molecule has 3 heterocycles. The van der Waals surface area contributed by atoms with Crippen LogP contribution in [0.3, 0.4) is 0 Å². The number of aromatic nitrogens is 3. The Balaban J connectivity index is 1.79. The summed E-state index contributed by atoms with van der Waals surface area (Å²) in [6, 6.07) is 0. The van der Waals surface area contributed by atoms with Gasteiger partial charge in [0.15, 0.2) is 12.1 Å². The van der Waals surface area contributed by atoms with E-state index in [9.17, 15) is 13.2 Å². The summed E-state index contributed by atoms with van der Waals surface area (Å²) in [5.74, 6) is -0.165. The highest BCUT2D eigenvalue weighted by molar-refractivity contribution is 7.89. The summed E-state index contributed by atoms with van der Waals surface area (Å²) in [6.07, 6.45) is 2.29. The van der Waals surface area contributed by atoms with E-state index < -0.39 is 16.0 Å². The van der Waals surface area contributed by atoms with Crippen LogP contribution in [0.4, 0.5) is 0 Å². The minimum atomic E-state index is -3.61. The van der Waals surface area contributed by atoms with Crippen molar-refractivity contribution in [2.45, 2.75) is 37.5 Å². The standard InChI is InChI=1S/C16H22N4O5S/c1-10-15(11(2)19(3)18-10)26(22,23)20-7-5-12(6-8-20)14-13(16(21)24-4)17-9-25-14/h9,12H,5-8H2,1-4H3. The average Bonchev–Trinajstić information content (AvgIpc) is 3.19. The zero-order valence-electron chi connectivity index (χ0n) is 15.2. The molecule has 2 aromatic heterocycles. The Morgan fingerprint density at radius 3 is 2.50 bits per heavy atom. The van der Waals surface area contributed by atoms with Crippen molar-refractivity contribution >= 4 is 16.0 Å². The number of piperidine rings is 1. The van der Waals surface area contributed by atoms with Crippen LogP contribution in [0.2, 0.25) is 0 Å². The van der Waals surface area contributed by atoms with Gasteiger partial charge in [0.05, 0.1) is 18.5 Å². The summed E-state index contributed by atoms with van der Waals surface area (Å²) in [7, 11) is -0.600. The van der Waals surface area contributed by atoms with Crippen LogP contribution in [0.5, 0.6) is 0 Å². The number of hydrogen-bond donors (Lipinski definition) is 0. The number of rotatable bonds is 4. The molecule has 1 aliphatic heterocycles. The molecule has 0 radical (unpaired) electrons. The molecule has 0 aromatic carbocycles. The monoisotopic (exact) mass is 382 g/mol. The Labute approximate surface area is 152 Å². The van der Waals surface area contributed by atoms with Crippen LogP contribution in [0, 0.1) is 13.8 Å². The maximum Gasteiger partial charge on any atom is 0.360 e. The van der Waals surface area contributed by atoms with Crippen LogP contribution in [-0.4, -0.2) is 53.7 Å². The number of carbonyl (C=O) groups is 1. The van der Waals surface area contributed by atoms with Gasteiger partial charge in [0.1, 0.15) is 10.7 Å². The van der Waals surface area contributed by atoms with Gasteiger partial charge in [0.25, 0.3) is 0 Å². The molecule has 0 unspecified atom stereocenters. The third kappa shape index (κ3) is 3.03. The second kappa shape index (κ2) is 6.84. The molecule has 0 aliphatic carbocycles. The Morgan fingerprint density at radius 2 is 1.96 bits per heavy atom. The van der Waals surface area contributed by atoms with Gasteiger partial charge in [-0.05, 0) is 26.7 Å². The first kappa shape index (κ1) is 18.6. The number of ether oxygens (including phenoxy) is 1. The number of aryl methyl sites for hydroxylation is 2. The van der Waals surface area contributed by atoms with E-state index in [0.29, 0.717) is 43.1 Å². The van der Waals surface area contributed by atoms with Gasteiger partial charge in [-0.25, -0.2) is 18.2 Å². The van der Waals surface area contributed by atoms with Crippen LogP contribution in [-0.2, 0) is 21.8 Å². The topological polar surface area (TPSA) is 108 Å². The molecule has 1 saturated heterocycles. The van der Waals surface area contributed by atoms with Crippen LogP contribution in [0.25, 0.3) is 0 Å². The van der Waals surface area contributed by atoms with Crippen LogP contribution < -0.4 is 0 Å². The van der Waals surface area contributed by atoms with Gasteiger partial charge in [0.2, 0.25) is 10.0 Å². The molecular formula is C16H22N4O5S. The third-order valence-electron chi connectivity index (χ3n) is 4.84. The van der Waals surface area contributed by atoms with E-state index >= 15 is 0 Å². The van der Waals surface area contributed by atoms with E-state index in [2.05, 4.69) is 10.1 Å². The molecule has 26 heavy (non-hydrogen) atoms. The predicted molar refractivity (Wildman–Crippen MR) is 91.3 cm³/mol. The maximum atomic E-state index is 13.0. The highest BCUT2D eigenvalue weighted by Gasteiger charge is 2.36. The van der Waals surface area contributed by atoms with Crippen LogP contribution in [0.15, 0.2) is 15.7 Å². The molecule has 0 atom stereocenters. The third-order valence-corrected chi connectivity index (χ3v) is 6.99. The number of sulfonamides is 1. The fourth-order valence-electron chi connectivity index (χ4n) is 3.41. The summed E-state index contributed by atoms with van der Waals surface area (Å²) in [5, 5.41) is 4.20. The first-order valence-corrected chi connectivity index (χ1v) is 9.73. The zero-order chi connectivity index (χ0) is 19.1. The molecule has 2 aromatic rings. The average molecular weight is 382 g/mol. The maximum absolute atomic E-state index is 13.0. The molecule has 0 amide bonds. The van der Waals surface area contributed by atoms with Crippen LogP contribution >= 0.6 is 0 Å². The largest absolute Gasteiger partial charge is 0.464 e. The molecule has 0 saturated carbocycles. The number of carbonyl (C=O) groups excluding carboxylic acids is 1. The second-order valence-corrected chi connectivity index (χ2v) is 8.23. The summed E-state index contributed by atoms with van der Waals surface area (Å²) in [6.45, 7) is 4.12. The first-order chi connectivity index (χ1) is 12.3. The normalized spacial score (nSPS) is 16.8. The van der Waals surface area contributed by atoms with Crippen molar-refractivity contribution in [3.63, 3.8) is 0 Å². The summed E-state index contributed by atoms with van der Waals surface area (Å²) in [5.41, 5.74) is 1.27. The van der Waals surface area contributed by atoms with E-state index in [1.165, 1.54) is 17.8 Å². The van der Waals surface area contributed by atoms with Gasteiger partial charge in [-0.3, -0.25) is 4.68 Å². The van der Waals surface area contributed by atoms with Crippen molar-refractivity contribution in [1.29, 1.82) is 0 Å². The fourth-order valence-corrected chi connectivity index (χ4v) is 5.28. The first-order valence-electron chi connectivity index (χ1n) is 8.29. The van der Waals surface area contributed by atoms with E-state index in [4.69, 9.17) is 9.15 Å². The van der Waals surface area contributed by atoms with E-state index in [0.717, 1.165) is 0 Å². The molecule has 3 rings (SSSR count). The molecular weight excluding hydrogens is 360 g/mol. The summed E-state index contributed by atoms with van der Waals surface area (Å²) < 4.78 is 39.2. The van der Waals surface area contributed by atoms with Gasteiger partial charge in [-0.15, -0.1) is 0 Å². The smallest absolute Gasteiger partial charge is 0.360 e. The lowest BCUT2D eigenvalue weighted by atomic mass is 9.94. The Kier molecular flexibility index (Phi) is 4.89. The number of oxazole rings is 1. The van der Waals surface area contributed by atoms with Crippen molar-refractivity contribution in [3.8, 4) is 0 Å². The number of hydrogen-bond acceptors (Lipinski definition) is 7. The number of esters is 1. The van der Waals surface area contributed by atoms with Crippen LogP contribution in [0.1, 0.15) is 46.4 Å². The molecule has 1 fully saturated rings. The molecule has 9 nitrogen and oxygen atoms in total. The fraction of sp³-hybridized carbons (Fsp3) is 0.562. The second-order valence-electron chi connectivity index (χ2n) is 6.36. The van der Waals surface area contributed by atoms with Crippen molar-refractivity contribution in [3.05, 3.63) is 29.2 Å². The molecule has 10 heteroatoms. The zero-order valence-corrected chi connectivity index (χ0v) is 16.0. The van der Waals surface area contributed by atoms with E-state index in [1.54, 1.807) is 25.6 Å². The Hall–Kier alpha value is -2.20. The highest BCUT2D eigenvalue weighted by atomic mass is 32.2. The van der Waals surface area contributed by atoms with Gasteiger partial charge in [-0.2, -0.15) is 9.40 Å². The Morgan fingerprint density at radius 1 is 1.31 bits per heavy atom. The molecule has 0 spiro atoms. The lowest BCUT2D eigenvalue weighted by Crippen LogP contribution is -2.38. The minimum Gasteiger partial charge on any atom is -0.464 e. The lowest BCUT2D eigenvalue weighted by molar-refractivity contribution is 0.0590. The molecule has 1 aliphatic rings. The van der Waals surface area contributed by atoms with Crippen molar-refractivity contribution in [2.75, 3.05) is 20.2 Å². The highest BCUT2D eigenvalue weighted by Crippen LogP contribution is 2.33. The molecule has 0 N–H and O–H groups in total. The van der Waals surface area contributed by atoms with Crippen molar-refractivity contribution < 1.29 is 22.4 Å². The van der Waals surface area contributed by atoms with Gasteiger partial charge in [0, 0.05) is 26.1 Å². The van der Waals surface area contributed by atoms with Gasteiger partial charge in [-0.1, -0.05) is 0 Å². The lowest BCUT2D eigenvalue weighted by Gasteiger charge is -2.30. The van der Waals surface area contributed by atoms with E-state index in [-0.39, 0.29) is 16.5 Å². The number of nitrogens with zero attached hydrogens (tertiary/aromatic N) is 4. The quantitative estimate of drug-likeness (QED) is 0.735. The Bertz CT molecular complexity index is 923. The molecule has 0 bridgehead atoms. The summed E-state index contributed by atoms with van der Waals surface area (Å²) in [4.78, 5) is 16.0. The van der Waals surface area contributed by atoms with Gasteiger partial charge >= 0.3 is 5.97 Å². The minimum absolute atomic E-state index is 0.0749. The molecule has 142 valence electrons. The van der Waals surface area contributed by atoms with Crippen molar-refractivity contribution in [1.82, 2.24) is 19.1 Å². The predicted octanol–water partition coefficient (Wildman–Crippen LogP) is 1.38. The van der Waals surface area contributed by atoms with Gasteiger partial charge < -0.3 is 9.15 Å². The van der Waals surface area contributed by atoms with E-state index in [1.807, 2.05) is 0 Å².